The lowest BCUT2D eigenvalue weighted by atomic mass is 9.99. The van der Waals surface area contributed by atoms with Gasteiger partial charge >= 0.3 is 5.97 Å². The summed E-state index contributed by atoms with van der Waals surface area (Å²) >= 11 is 0. The lowest BCUT2D eigenvalue weighted by molar-refractivity contribution is -0.168. The molecule has 1 aliphatic rings. The minimum absolute atomic E-state index is 0.00989. The molecule has 0 unspecified atom stereocenters. The normalized spacial score (nSPS) is 12.7. The molecule has 0 bridgehead atoms. The number of hydrogen-bond acceptors (Lipinski definition) is 6. The first-order chi connectivity index (χ1) is 12.8. The first kappa shape index (κ1) is 18.1. The summed E-state index contributed by atoms with van der Waals surface area (Å²) in [5, 5.41) is 9.54. The molecular formula is C19H15N3O5. The van der Waals surface area contributed by atoms with E-state index in [0.29, 0.717) is 21.9 Å². The van der Waals surface area contributed by atoms with Gasteiger partial charge in [-0.2, -0.15) is 5.26 Å². The van der Waals surface area contributed by atoms with E-state index in [0.717, 1.165) is 0 Å². The van der Waals surface area contributed by atoms with E-state index in [9.17, 15) is 19.2 Å². The molecule has 0 atom stereocenters. The van der Waals surface area contributed by atoms with Gasteiger partial charge in [0, 0.05) is 5.69 Å². The Morgan fingerprint density at radius 2 is 1.74 bits per heavy atom. The Bertz CT molecular complexity index is 1040. The molecule has 0 spiro atoms. The van der Waals surface area contributed by atoms with Crippen LogP contribution in [-0.2, 0) is 16.1 Å². The van der Waals surface area contributed by atoms with E-state index < -0.39 is 23.3 Å². The lowest BCUT2D eigenvalue weighted by Crippen LogP contribution is -2.32. The molecule has 0 radical (unpaired) electrons. The largest absolute Gasteiger partial charge is 0.333 e. The van der Waals surface area contributed by atoms with Crippen LogP contribution >= 0.6 is 0 Å². The number of amides is 2. The van der Waals surface area contributed by atoms with Crippen molar-refractivity contribution in [3.8, 4) is 6.07 Å². The van der Waals surface area contributed by atoms with E-state index in [1.807, 2.05) is 6.07 Å². The van der Waals surface area contributed by atoms with Gasteiger partial charge in [0.05, 0.1) is 17.5 Å². The first-order valence-corrected chi connectivity index (χ1v) is 8.16. The number of hydrogen-bond donors (Lipinski definition) is 1. The second kappa shape index (κ2) is 6.88. The molecule has 8 nitrogen and oxygen atoms in total. The van der Waals surface area contributed by atoms with Gasteiger partial charge in [-0.05, 0) is 43.5 Å². The number of carbonyl (C=O) groups excluding carboxylic acids is 3. The molecule has 2 amide bonds. The van der Waals surface area contributed by atoms with Crippen molar-refractivity contribution >= 4 is 17.8 Å². The van der Waals surface area contributed by atoms with E-state index in [-0.39, 0.29) is 29.5 Å². The van der Waals surface area contributed by atoms with Crippen LogP contribution < -0.4 is 5.56 Å². The molecule has 1 aliphatic heterocycles. The van der Waals surface area contributed by atoms with Crippen molar-refractivity contribution < 1.29 is 19.2 Å². The molecule has 136 valence electrons. The maximum Gasteiger partial charge on any atom is 0.333 e. The Labute approximate surface area is 153 Å². The number of hydroxylamine groups is 2. The molecule has 0 aliphatic carbocycles. The second-order valence-corrected chi connectivity index (χ2v) is 6.08. The molecule has 3 rings (SSSR count). The highest BCUT2D eigenvalue weighted by atomic mass is 16.7. The molecule has 0 saturated carbocycles. The average Bonchev–Trinajstić information content (AvgIpc) is 2.87. The maximum absolute atomic E-state index is 12.2. The third-order valence-corrected chi connectivity index (χ3v) is 4.45. The van der Waals surface area contributed by atoms with Crippen LogP contribution in [-0.4, -0.2) is 27.8 Å². The van der Waals surface area contributed by atoms with Crippen LogP contribution in [0.25, 0.3) is 0 Å². The number of aromatic nitrogens is 1. The average molecular weight is 365 g/mol. The van der Waals surface area contributed by atoms with Crippen molar-refractivity contribution in [1.82, 2.24) is 10.0 Å². The lowest BCUT2D eigenvalue weighted by Gasteiger charge is -2.14. The maximum atomic E-state index is 12.2. The van der Waals surface area contributed by atoms with E-state index in [2.05, 4.69) is 4.98 Å². The molecule has 0 saturated heterocycles. The SMILES string of the molecule is Cc1[nH]c(=O)c(C#N)c(C)c1CCC(=O)ON1C(=O)c2ccccc2C1=O. The van der Waals surface area contributed by atoms with Gasteiger partial charge in [-0.15, -0.1) is 0 Å². The molecule has 27 heavy (non-hydrogen) atoms. The van der Waals surface area contributed by atoms with Gasteiger partial charge in [0.25, 0.3) is 17.4 Å². The zero-order valence-corrected chi connectivity index (χ0v) is 14.7. The number of benzene rings is 1. The van der Waals surface area contributed by atoms with Gasteiger partial charge in [-0.1, -0.05) is 17.2 Å². The summed E-state index contributed by atoms with van der Waals surface area (Å²) in [7, 11) is 0. The first-order valence-electron chi connectivity index (χ1n) is 8.16. The predicted octanol–water partition coefficient (Wildman–Crippen LogP) is 1.55. The van der Waals surface area contributed by atoms with Crippen LogP contribution in [0.15, 0.2) is 29.1 Å². The van der Waals surface area contributed by atoms with Crippen LogP contribution in [0.2, 0.25) is 0 Å². The Kier molecular flexibility index (Phi) is 4.60. The van der Waals surface area contributed by atoms with Crippen LogP contribution in [0, 0.1) is 25.2 Å². The Morgan fingerprint density at radius 1 is 1.15 bits per heavy atom. The number of rotatable bonds is 4. The fourth-order valence-corrected chi connectivity index (χ4v) is 3.04. The highest BCUT2D eigenvalue weighted by Crippen LogP contribution is 2.23. The number of carbonyl (C=O) groups is 3. The fraction of sp³-hybridized carbons (Fsp3) is 0.211. The molecular weight excluding hydrogens is 350 g/mol. The minimum Gasteiger partial charge on any atom is -0.330 e. The summed E-state index contributed by atoms with van der Waals surface area (Å²) in [6.45, 7) is 3.30. The zero-order valence-electron chi connectivity index (χ0n) is 14.7. The van der Waals surface area contributed by atoms with Gasteiger partial charge in [0.1, 0.15) is 11.6 Å². The Hall–Kier alpha value is -3.73. The van der Waals surface area contributed by atoms with Crippen molar-refractivity contribution in [2.75, 3.05) is 0 Å². The van der Waals surface area contributed by atoms with Crippen LogP contribution in [0.1, 0.15) is 49.5 Å². The Balaban J connectivity index is 1.72. The van der Waals surface area contributed by atoms with Gasteiger partial charge in [-0.3, -0.25) is 14.4 Å². The number of nitrogens with one attached hydrogen (secondary N) is 1. The number of fused-ring (bicyclic) bond motifs is 1. The van der Waals surface area contributed by atoms with E-state index in [1.165, 1.54) is 12.1 Å². The quantitative estimate of drug-likeness (QED) is 0.821. The zero-order chi connectivity index (χ0) is 19.7. The monoisotopic (exact) mass is 365 g/mol. The summed E-state index contributed by atoms with van der Waals surface area (Å²) in [5.41, 5.74) is 1.56. The summed E-state index contributed by atoms with van der Waals surface area (Å²) in [5.74, 6) is -2.15. The van der Waals surface area contributed by atoms with Crippen molar-refractivity contribution in [2.45, 2.75) is 26.7 Å². The number of nitriles is 1. The predicted molar refractivity (Wildman–Crippen MR) is 92.6 cm³/mol. The highest BCUT2D eigenvalue weighted by Gasteiger charge is 2.38. The Morgan fingerprint density at radius 3 is 2.30 bits per heavy atom. The number of imide groups is 1. The smallest absolute Gasteiger partial charge is 0.330 e. The van der Waals surface area contributed by atoms with Crippen LogP contribution in [0.5, 0.6) is 0 Å². The van der Waals surface area contributed by atoms with Crippen molar-refractivity contribution in [2.24, 2.45) is 0 Å². The number of aromatic amines is 1. The third kappa shape index (κ3) is 3.11. The molecule has 1 aromatic heterocycles. The van der Waals surface area contributed by atoms with Gasteiger partial charge < -0.3 is 9.82 Å². The molecule has 2 heterocycles. The van der Waals surface area contributed by atoms with Crippen LogP contribution in [0.4, 0.5) is 0 Å². The summed E-state index contributed by atoms with van der Waals surface area (Å²) in [6.07, 6.45) is 0.0527. The summed E-state index contributed by atoms with van der Waals surface area (Å²) in [4.78, 5) is 55.8. The van der Waals surface area contributed by atoms with Crippen molar-refractivity contribution in [3.05, 3.63) is 68.1 Å². The second-order valence-electron chi connectivity index (χ2n) is 6.08. The van der Waals surface area contributed by atoms with Crippen LogP contribution in [0.3, 0.4) is 0 Å². The van der Waals surface area contributed by atoms with Crippen molar-refractivity contribution in [1.29, 1.82) is 5.26 Å². The van der Waals surface area contributed by atoms with Gasteiger partial charge in [-0.25, -0.2) is 4.79 Å². The van der Waals surface area contributed by atoms with Gasteiger partial charge in [0.2, 0.25) is 0 Å². The van der Waals surface area contributed by atoms with E-state index >= 15 is 0 Å². The molecule has 1 N–H and O–H groups in total. The van der Waals surface area contributed by atoms with E-state index in [4.69, 9.17) is 10.1 Å². The molecule has 8 heteroatoms. The number of nitrogens with zero attached hydrogens (tertiary/aromatic N) is 2. The number of pyridine rings is 1. The summed E-state index contributed by atoms with van der Waals surface area (Å²) in [6, 6.07) is 8.04. The van der Waals surface area contributed by atoms with Gasteiger partial charge in [0.15, 0.2) is 0 Å². The van der Waals surface area contributed by atoms with E-state index in [1.54, 1.807) is 26.0 Å². The fourth-order valence-electron chi connectivity index (χ4n) is 3.04. The van der Waals surface area contributed by atoms with Crippen molar-refractivity contribution in [3.63, 3.8) is 0 Å². The topological polar surface area (TPSA) is 120 Å². The molecule has 0 fully saturated rings. The summed E-state index contributed by atoms with van der Waals surface area (Å²) < 4.78 is 0. The molecule has 1 aromatic carbocycles. The number of H-pyrrole nitrogens is 1. The minimum atomic E-state index is -0.770. The third-order valence-electron chi connectivity index (χ3n) is 4.45. The molecule has 2 aromatic rings. The standard InChI is InChI=1S/C19H15N3O5/c1-10-12(11(2)21-17(24)15(10)9-20)7-8-16(23)27-22-18(25)13-5-3-4-6-14(13)19(22)26/h3-6H,7-8H2,1-2H3,(H,21,24). The number of aryl methyl sites for hydroxylation is 1. The highest BCUT2D eigenvalue weighted by molar-refractivity contribution is 6.20.